The number of anilines is 1. The summed E-state index contributed by atoms with van der Waals surface area (Å²) in [6, 6.07) is 19.2. The van der Waals surface area contributed by atoms with Gasteiger partial charge in [0.15, 0.2) is 0 Å². The second-order valence-corrected chi connectivity index (χ2v) is 12.5. The van der Waals surface area contributed by atoms with Crippen LogP contribution in [0.5, 0.6) is 11.5 Å². The number of nitrogens with zero attached hydrogens (tertiary/aromatic N) is 1. The fourth-order valence-electron chi connectivity index (χ4n) is 3.86. The van der Waals surface area contributed by atoms with E-state index < -0.39 is 28.0 Å². The lowest BCUT2D eigenvalue weighted by atomic mass is 10.0. The van der Waals surface area contributed by atoms with Crippen LogP contribution in [-0.4, -0.2) is 58.9 Å². The van der Waals surface area contributed by atoms with Gasteiger partial charge in [0.25, 0.3) is 0 Å². The highest BCUT2D eigenvalue weighted by Gasteiger charge is 2.34. The molecule has 0 saturated carbocycles. The Bertz CT molecular complexity index is 1310. The van der Waals surface area contributed by atoms with Crippen LogP contribution in [0.25, 0.3) is 0 Å². The number of hydrogen-bond donors (Lipinski definition) is 4. The van der Waals surface area contributed by atoms with Crippen LogP contribution in [0.2, 0.25) is 0 Å². The van der Waals surface area contributed by atoms with Gasteiger partial charge in [-0.05, 0) is 73.0 Å². The van der Waals surface area contributed by atoms with Crippen LogP contribution in [0, 0.1) is 18.8 Å². The van der Waals surface area contributed by atoms with Crippen molar-refractivity contribution in [2.45, 2.75) is 36.7 Å². The van der Waals surface area contributed by atoms with E-state index in [0.717, 1.165) is 4.90 Å². The summed E-state index contributed by atoms with van der Waals surface area (Å²) in [5.74, 6) is -1.22. The van der Waals surface area contributed by atoms with Gasteiger partial charge in [-0.15, -0.1) is 11.8 Å². The van der Waals surface area contributed by atoms with Crippen LogP contribution in [0.4, 0.5) is 5.69 Å². The van der Waals surface area contributed by atoms with E-state index in [4.69, 9.17) is 0 Å². The molecule has 2 unspecified atom stereocenters. The van der Waals surface area contributed by atoms with E-state index in [1.54, 1.807) is 13.0 Å². The van der Waals surface area contributed by atoms with Crippen LogP contribution >= 0.6 is 11.8 Å². The Balaban J connectivity index is 1.88. The number of carbonyl (C=O) groups is 1. The molecular formula is C28H34N2O6S2. The van der Waals surface area contributed by atoms with Gasteiger partial charge in [-0.1, -0.05) is 32.0 Å². The highest BCUT2D eigenvalue weighted by molar-refractivity contribution is 7.99. The van der Waals surface area contributed by atoms with Crippen LogP contribution in [0.1, 0.15) is 19.4 Å². The molecule has 8 nitrogen and oxygen atoms in total. The summed E-state index contributed by atoms with van der Waals surface area (Å²) in [6.45, 7) is 5.33. The number of amides is 1. The lowest BCUT2D eigenvalue weighted by Gasteiger charge is -2.29. The number of rotatable bonds is 12. The molecule has 204 valence electrons. The number of aliphatic hydroxyl groups is 1. The lowest BCUT2D eigenvalue weighted by Crippen LogP contribution is -2.45. The first-order valence-corrected chi connectivity index (χ1v) is 14.7. The monoisotopic (exact) mass is 558 g/mol. The number of aliphatic hydroxyl groups excluding tert-OH is 1. The normalized spacial score (nSPS) is 13.4. The van der Waals surface area contributed by atoms with Crippen molar-refractivity contribution in [1.82, 2.24) is 4.31 Å². The molecule has 3 aromatic rings. The van der Waals surface area contributed by atoms with Gasteiger partial charge in [0.05, 0.1) is 16.9 Å². The van der Waals surface area contributed by atoms with Gasteiger partial charge in [0, 0.05) is 29.4 Å². The molecular weight excluding hydrogens is 524 g/mol. The number of phenols is 2. The summed E-state index contributed by atoms with van der Waals surface area (Å²) in [5.41, 5.74) is 1.14. The van der Waals surface area contributed by atoms with Crippen LogP contribution in [0.15, 0.2) is 82.6 Å². The molecule has 10 heteroatoms. The summed E-state index contributed by atoms with van der Waals surface area (Å²) < 4.78 is 28.1. The minimum atomic E-state index is -4.01. The Hall–Kier alpha value is -3.05. The molecule has 0 spiro atoms. The Labute approximate surface area is 228 Å². The number of aryl methyl sites for hydroxylation is 1. The van der Waals surface area contributed by atoms with Crippen molar-refractivity contribution < 1.29 is 28.5 Å². The number of sulfonamides is 1. The maximum absolute atomic E-state index is 13.5. The molecule has 2 atom stereocenters. The number of aromatic hydroxyl groups is 2. The predicted molar refractivity (Wildman–Crippen MR) is 150 cm³/mol. The SMILES string of the molecule is Cc1cc(O)ccc1NC(=O)C(CSc1ccccc1)C(O)CN(CC(C)C)S(=O)(=O)c1ccc(O)cc1. The molecule has 0 aliphatic carbocycles. The maximum atomic E-state index is 13.5. The number of hydrogen-bond acceptors (Lipinski definition) is 7. The first kappa shape index (κ1) is 29.5. The molecule has 0 saturated heterocycles. The Morgan fingerprint density at radius 3 is 2.18 bits per heavy atom. The minimum absolute atomic E-state index is 0.0115. The van der Waals surface area contributed by atoms with Gasteiger partial charge < -0.3 is 20.6 Å². The zero-order valence-corrected chi connectivity index (χ0v) is 23.2. The van der Waals surface area contributed by atoms with Crippen LogP contribution in [0.3, 0.4) is 0 Å². The van der Waals surface area contributed by atoms with Crippen LogP contribution in [-0.2, 0) is 14.8 Å². The number of phenolic OH excluding ortho intramolecular Hbond substituents is 2. The standard InChI is InChI=1S/C28H34N2O6S2/c1-19(2)16-30(38(35,36)24-12-9-21(31)10-13-24)17-27(33)25(18-37-23-7-5-4-6-8-23)28(34)29-26-14-11-22(32)15-20(26)3/h4-15,19,25,27,31-33H,16-18H2,1-3H3,(H,29,34). The summed E-state index contributed by atoms with van der Waals surface area (Å²) in [5, 5.41) is 33.4. The highest BCUT2D eigenvalue weighted by Crippen LogP contribution is 2.27. The Morgan fingerprint density at radius 2 is 1.58 bits per heavy atom. The van der Waals surface area contributed by atoms with Gasteiger partial charge in [0.2, 0.25) is 15.9 Å². The minimum Gasteiger partial charge on any atom is -0.508 e. The van der Waals surface area contributed by atoms with Crippen molar-refractivity contribution >= 4 is 33.4 Å². The third-order valence-electron chi connectivity index (χ3n) is 5.88. The summed E-state index contributed by atoms with van der Waals surface area (Å²) in [7, 11) is -4.01. The average molecular weight is 559 g/mol. The number of nitrogens with one attached hydrogen (secondary N) is 1. The van der Waals surface area contributed by atoms with E-state index in [9.17, 15) is 28.5 Å². The fourth-order valence-corrected chi connectivity index (χ4v) is 6.58. The molecule has 0 heterocycles. The predicted octanol–water partition coefficient (Wildman–Crippen LogP) is 4.46. The lowest BCUT2D eigenvalue weighted by molar-refractivity contribution is -0.122. The molecule has 0 bridgehead atoms. The zero-order valence-electron chi connectivity index (χ0n) is 21.6. The smallest absolute Gasteiger partial charge is 0.243 e. The zero-order chi connectivity index (χ0) is 27.9. The molecule has 3 rings (SSSR count). The van der Waals surface area contributed by atoms with Crippen molar-refractivity contribution in [1.29, 1.82) is 0 Å². The molecule has 3 aromatic carbocycles. The second kappa shape index (κ2) is 13.1. The van der Waals surface area contributed by atoms with Crippen molar-refractivity contribution in [3.63, 3.8) is 0 Å². The first-order valence-electron chi connectivity index (χ1n) is 12.2. The number of carbonyl (C=O) groups excluding carboxylic acids is 1. The first-order chi connectivity index (χ1) is 18.0. The summed E-state index contributed by atoms with van der Waals surface area (Å²) in [6.07, 6.45) is -1.31. The van der Waals surface area contributed by atoms with Crippen molar-refractivity contribution in [2.24, 2.45) is 11.8 Å². The van der Waals surface area contributed by atoms with E-state index in [2.05, 4.69) is 5.32 Å². The molecule has 0 aliphatic rings. The maximum Gasteiger partial charge on any atom is 0.243 e. The van der Waals surface area contributed by atoms with E-state index in [0.29, 0.717) is 11.3 Å². The molecule has 0 radical (unpaired) electrons. The molecule has 0 aliphatic heterocycles. The van der Waals surface area contributed by atoms with E-state index in [1.807, 2.05) is 44.2 Å². The van der Waals surface area contributed by atoms with E-state index in [1.165, 1.54) is 52.5 Å². The molecule has 0 fully saturated rings. The van der Waals surface area contributed by atoms with E-state index >= 15 is 0 Å². The van der Waals surface area contributed by atoms with Crippen molar-refractivity contribution in [2.75, 3.05) is 24.2 Å². The van der Waals surface area contributed by atoms with Crippen molar-refractivity contribution in [3.05, 3.63) is 78.4 Å². The topological polar surface area (TPSA) is 127 Å². The summed E-state index contributed by atoms with van der Waals surface area (Å²) in [4.78, 5) is 14.3. The van der Waals surface area contributed by atoms with Crippen LogP contribution < -0.4 is 5.32 Å². The molecule has 0 aromatic heterocycles. The highest BCUT2D eigenvalue weighted by atomic mass is 32.2. The van der Waals surface area contributed by atoms with Gasteiger partial charge in [-0.2, -0.15) is 4.31 Å². The Morgan fingerprint density at radius 1 is 0.947 bits per heavy atom. The van der Waals surface area contributed by atoms with Gasteiger partial charge in [0.1, 0.15) is 11.5 Å². The molecule has 4 N–H and O–H groups in total. The molecule has 38 heavy (non-hydrogen) atoms. The van der Waals surface area contributed by atoms with Gasteiger partial charge in [-0.25, -0.2) is 8.42 Å². The third kappa shape index (κ3) is 7.97. The second-order valence-electron chi connectivity index (χ2n) is 9.50. The van der Waals surface area contributed by atoms with Gasteiger partial charge >= 0.3 is 0 Å². The largest absolute Gasteiger partial charge is 0.508 e. The van der Waals surface area contributed by atoms with Gasteiger partial charge in [-0.3, -0.25) is 4.79 Å². The Kier molecular flexibility index (Phi) is 10.2. The third-order valence-corrected chi connectivity index (χ3v) is 8.85. The average Bonchev–Trinajstić information content (AvgIpc) is 2.86. The van der Waals surface area contributed by atoms with Crippen molar-refractivity contribution in [3.8, 4) is 11.5 Å². The fraction of sp³-hybridized carbons (Fsp3) is 0.321. The number of benzene rings is 3. The quantitative estimate of drug-likeness (QED) is 0.191. The molecule has 1 amide bonds. The number of thioether (sulfide) groups is 1. The summed E-state index contributed by atoms with van der Waals surface area (Å²) >= 11 is 1.39. The van der Waals surface area contributed by atoms with E-state index in [-0.39, 0.29) is 41.2 Å².